The second-order valence-corrected chi connectivity index (χ2v) is 7.22. The van der Waals surface area contributed by atoms with E-state index in [9.17, 15) is 4.79 Å². The molecule has 0 aliphatic rings. The van der Waals surface area contributed by atoms with Crippen LogP contribution in [0, 0.1) is 0 Å². The van der Waals surface area contributed by atoms with Crippen molar-refractivity contribution in [2.24, 2.45) is 0 Å². The third-order valence-electron chi connectivity index (χ3n) is 3.59. The Balaban J connectivity index is 1.66. The van der Waals surface area contributed by atoms with Crippen molar-refractivity contribution in [1.29, 1.82) is 0 Å². The molecule has 130 valence electrons. The number of aryl methyl sites for hydroxylation is 1. The summed E-state index contributed by atoms with van der Waals surface area (Å²) in [5.41, 5.74) is 0.918. The minimum Gasteiger partial charge on any atom is -0.356 e. The van der Waals surface area contributed by atoms with E-state index in [2.05, 4.69) is 15.5 Å². The molecule has 24 heavy (non-hydrogen) atoms. The molecule has 0 radical (unpaired) electrons. The van der Waals surface area contributed by atoms with E-state index >= 15 is 0 Å². The Hall–Kier alpha value is -1.88. The molecule has 6 heteroatoms. The van der Waals surface area contributed by atoms with Crippen molar-refractivity contribution < 1.29 is 9.32 Å². The largest absolute Gasteiger partial charge is 0.356 e. The first-order chi connectivity index (χ1) is 11.4. The van der Waals surface area contributed by atoms with Gasteiger partial charge in [0.05, 0.1) is 0 Å². The maximum atomic E-state index is 11.9. The van der Waals surface area contributed by atoms with Gasteiger partial charge in [-0.05, 0) is 24.5 Å². The molecule has 0 unspecified atom stereocenters. The maximum Gasteiger partial charge on any atom is 0.232 e. The predicted molar refractivity (Wildman–Crippen MR) is 94.1 cm³/mol. The zero-order valence-corrected chi connectivity index (χ0v) is 15.2. The van der Waals surface area contributed by atoms with Crippen molar-refractivity contribution in [3.8, 4) is 0 Å². The van der Waals surface area contributed by atoms with Crippen LogP contribution in [-0.4, -0.2) is 22.6 Å². The van der Waals surface area contributed by atoms with E-state index < -0.39 is 0 Å². The number of amides is 1. The van der Waals surface area contributed by atoms with Crippen LogP contribution in [0.1, 0.15) is 50.9 Å². The van der Waals surface area contributed by atoms with Gasteiger partial charge >= 0.3 is 0 Å². The number of hydrogen-bond acceptors (Lipinski definition) is 4. The lowest BCUT2D eigenvalue weighted by atomic mass is 9.97. The summed E-state index contributed by atoms with van der Waals surface area (Å²) in [5.74, 6) is 1.27. The smallest absolute Gasteiger partial charge is 0.232 e. The van der Waals surface area contributed by atoms with Gasteiger partial charge in [-0.3, -0.25) is 4.79 Å². The van der Waals surface area contributed by atoms with Gasteiger partial charge < -0.3 is 9.84 Å². The molecule has 1 aromatic carbocycles. The van der Waals surface area contributed by atoms with E-state index in [4.69, 9.17) is 16.1 Å². The van der Waals surface area contributed by atoms with Gasteiger partial charge in [-0.1, -0.05) is 55.7 Å². The summed E-state index contributed by atoms with van der Waals surface area (Å²) in [6, 6.07) is 7.72. The van der Waals surface area contributed by atoms with Crippen molar-refractivity contribution in [2.45, 2.75) is 51.9 Å². The summed E-state index contributed by atoms with van der Waals surface area (Å²) in [4.78, 5) is 16.2. The van der Waals surface area contributed by atoms with Crippen LogP contribution in [0.3, 0.4) is 0 Å². The molecule has 2 rings (SSSR count). The highest BCUT2D eigenvalue weighted by molar-refractivity contribution is 6.31. The molecule has 1 heterocycles. The Bertz CT molecular complexity index is 677. The predicted octanol–water partition coefficient (Wildman–Crippen LogP) is 3.70. The quantitative estimate of drug-likeness (QED) is 0.827. The number of rotatable bonds is 7. The van der Waals surface area contributed by atoms with Crippen molar-refractivity contribution in [3.05, 3.63) is 46.6 Å². The number of benzene rings is 1. The van der Waals surface area contributed by atoms with E-state index in [1.54, 1.807) is 0 Å². The number of carbonyl (C=O) groups excluding carboxylic acids is 1. The molecule has 0 aliphatic heterocycles. The lowest BCUT2D eigenvalue weighted by Gasteiger charge is -2.10. The first kappa shape index (κ1) is 18.5. The minimum atomic E-state index is -0.160. The van der Waals surface area contributed by atoms with Crippen LogP contribution >= 0.6 is 11.6 Å². The number of nitrogens with zero attached hydrogens (tertiary/aromatic N) is 2. The molecule has 0 atom stereocenters. The van der Waals surface area contributed by atoms with E-state index in [1.165, 1.54) is 0 Å². The molecule has 1 N–H and O–H groups in total. The fraction of sp³-hybridized carbons (Fsp3) is 0.500. The maximum absolute atomic E-state index is 11.9. The van der Waals surface area contributed by atoms with Crippen LogP contribution in [0.4, 0.5) is 0 Å². The van der Waals surface area contributed by atoms with Crippen LogP contribution in [-0.2, 0) is 23.1 Å². The molecule has 0 fully saturated rings. The molecule has 1 aromatic heterocycles. The lowest BCUT2D eigenvalue weighted by molar-refractivity contribution is -0.121. The molecular formula is C18H24ClN3O2. The van der Waals surface area contributed by atoms with Gasteiger partial charge in [0.25, 0.3) is 0 Å². The minimum absolute atomic E-state index is 0.0293. The van der Waals surface area contributed by atoms with Crippen molar-refractivity contribution >= 4 is 17.5 Å². The Morgan fingerprint density at radius 1 is 1.25 bits per heavy atom. The van der Waals surface area contributed by atoms with Crippen LogP contribution in [0.25, 0.3) is 0 Å². The molecule has 0 saturated carbocycles. The van der Waals surface area contributed by atoms with Crippen LogP contribution in [0.2, 0.25) is 5.02 Å². The van der Waals surface area contributed by atoms with Gasteiger partial charge in [0, 0.05) is 29.8 Å². The molecule has 0 bridgehead atoms. The van der Waals surface area contributed by atoms with Gasteiger partial charge in [-0.25, -0.2) is 0 Å². The number of carbonyl (C=O) groups is 1. The molecule has 5 nitrogen and oxygen atoms in total. The lowest BCUT2D eigenvalue weighted by Crippen LogP contribution is -2.25. The van der Waals surface area contributed by atoms with Crippen molar-refractivity contribution in [2.75, 3.05) is 6.54 Å². The second-order valence-electron chi connectivity index (χ2n) is 6.81. The summed E-state index contributed by atoms with van der Waals surface area (Å²) in [7, 11) is 0. The van der Waals surface area contributed by atoms with Gasteiger partial charge in [-0.2, -0.15) is 4.98 Å². The normalized spacial score (nSPS) is 11.5. The summed E-state index contributed by atoms with van der Waals surface area (Å²) in [6.07, 6.45) is 2.61. The first-order valence-corrected chi connectivity index (χ1v) is 8.57. The topological polar surface area (TPSA) is 68.0 Å². The average Bonchev–Trinajstić information content (AvgIpc) is 2.98. The second kappa shape index (κ2) is 8.29. The first-order valence-electron chi connectivity index (χ1n) is 8.19. The molecule has 2 aromatic rings. The highest BCUT2D eigenvalue weighted by Gasteiger charge is 2.21. The van der Waals surface area contributed by atoms with E-state index in [0.717, 1.165) is 23.4 Å². The summed E-state index contributed by atoms with van der Waals surface area (Å²) < 4.78 is 5.23. The molecule has 1 amide bonds. The van der Waals surface area contributed by atoms with E-state index in [0.29, 0.717) is 31.1 Å². The van der Waals surface area contributed by atoms with Gasteiger partial charge in [-0.15, -0.1) is 0 Å². The van der Waals surface area contributed by atoms with Gasteiger partial charge in [0.2, 0.25) is 11.8 Å². The Morgan fingerprint density at radius 2 is 2.00 bits per heavy atom. The monoisotopic (exact) mass is 349 g/mol. The number of nitrogens with one attached hydrogen (secondary N) is 1. The highest BCUT2D eigenvalue weighted by Crippen LogP contribution is 2.19. The standard InChI is InChI=1S/C18H24ClN3O2/c1-18(2,3)17-21-15(22-24-17)11-12-20-16(23)10-6-8-13-7-4-5-9-14(13)19/h4-5,7,9H,6,8,10-12H2,1-3H3,(H,20,23). The Labute approximate surface area is 147 Å². The van der Waals surface area contributed by atoms with E-state index in [-0.39, 0.29) is 11.3 Å². The number of hydrogen-bond donors (Lipinski definition) is 1. The Kier molecular flexibility index (Phi) is 6.37. The summed E-state index contributed by atoms with van der Waals surface area (Å²) in [5, 5.41) is 7.58. The SMILES string of the molecule is CC(C)(C)c1nc(CCNC(=O)CCCc2ccccc2Cl)no1. The zero-order chi connectivity index (χ0) is 17.6. The summed E-state index contributed by atoms with van der Waals surface area (Å²) >= 11 is 6.10. The third kappa shape index (κ3) is 5.64. The molecular weight excluding hydrogens is 326 g/mol. The Morgan fingerprint density at radius 3 is 2.67 bits per heavy atom. The third-order valence-corrected chi connectivity index (χ3v) is 3.96. The average molecular weight is 350 g/mol. The highest BCUT2D eigenvalue weighted by atomic mass is 35.5. The van der Waals surface area contributed by atoms with E-state index in [1.807, 2.05) is 45.0 Å². The zero-order valence-electron chi connectivity index (χ0n) is 14.4. The van der Waals surface area contributed by atoms with Gasteiger partial charge in [0.15, 0.2) is 5.82 Å². The summed E-state index contributed by atoms with van der Waals surface area (Å²) in [6.45, 7) is 6.56. The number of aromatic nitrogens is 2. The molecule has 0 aliphatic carbocycles. The van der Waals surface area contributed by atoms with Crippen LogP contribution < -0.4 is 5.32 Å². The van der Waals surface area contributed by atoms with Crippen LogP contribution in [0.5, 0.6) is 0 Å². The molecule has 0 saturated heterocycles. The fourth-order valence-corrected chi connectivity index (χ4v) is 2.43. The van der Waals surface area contributed by atoms with Crippen molar-refractivity contribution in [1.82, 2.24) is 15.5 Å². The van der Waals surface area contributed by atoms with Gasteiger partial charge in [0.1, 0.15) is 0 Å². The van der Waals surface area contributed by atoms with Crippen LogP contribution in [0.15, 0.2) is 28.8 Å². The molecule has 0 spiro atoms. The number of halogens is 1. The fourth-order valence-electron chi connectivity index (χ4n) is 2.20. The van der Waals surface area contributed by atoms with Crippen molar-refractivity contribution in [3.63, 3.8) is 0 Å².